The summed E-state index contributed by atoms with van der Waals surface area (Å²) in [7, 11) is 1.70. The number of methoxy groups -OCH3 is 1. The van der Waals surface area contributed by atoms with Gasteiger partial charge in [-0.25, -0.2) is 0 Å². The molecule has 0 aromatic heterocycles. The summed E-state index contributed by atoms with van der Waals surface area (Å²) < 4.78 is 5.21. The summed E-state index contributed by atoms with van der Waals surface area (Å²) in [5, 5.41) is 3.17. The van der Waals surface area contributed by atoms with E-state index < -0.39 is 0 Å². The lowest BCUT2D eigenvalue weighted by molar-refractivity contribution is -1.02. The first-order valence-electron chi connectivity index (χ1n) is 9.23. The Balaban J connectivity index is 1.37. The van der Waals surface area contributed by atoms with Gasteiger partial charge in [0.1, 0.15) is 38.5 Å². The van der Waals surface area contributed by atoms with E-state index >= 15 is 0 Å². The summed E-state index contributed by atoms with van der Waals surface area (Å²) in [6, 6.07) is 8.72. The Kier molecular flexibility index (Phi) is 5.74. The van der Waals surface area contributed by atoms with Gasteiger partial charge in [0.15, 0.2) is 6.54 Å². The zero-order valence-corrected chi connectivity index (χ0v) is 14.9. The van der Waals surface area contributed by atoms with E-state index in [1.807, 2.05) is 12.1 Å². The monoisotopic (exact) mass is 333 g/mol. The molecule has 1 atom stereocenters. The number of ether oxygens (including phenoxy) is 1. The van der Waals surface area contributed by atoms with Gasteiger partial charge in [-0.15, -0.1) is 0 Å². The van der Waals surface area contributed by atoms with Crippen molar-refractivity contribution < 1.29 is 19.3 Å². The quantitative estimate of drug-likeness (QED) is 0.593. The molecule has 1 aromatic rings. The second kappa shape index (κ2) is 7.99. The highest BCUT2D eigenvalue weighted by atomic mass is 16.5. The van der Waals surface area contributed by atoms with Crippen LogP contribution in [-0.2, 0) is 11.3 Å². The number of hydrogen-bond acceptors (Lipinski definition) is 2. The van der Waals surface area contributed by atoms with E-state index in [2.05, 4.69) is 24.4 Å². The van der Waals surface area contributed by atoms with E-state index in [4.69, 9.17) is 4.74 Å². The number of quaternary nitrogens is 2. The fourth-order valence-corrected chi connectivity index (χ4v) is 3.59. The van der Waals surface area contributed by atoms with Gasteiger partial charge in [-0.3, -0.25) is 4.79 Å². The van der Waals surface area contributed by atoms with Gasteiger partial charge in [-0.05, 0) is 49.9 Å². The third kappa shape index (κ3) is 4.95. The predicted octanol–water partition coefficient (Wildman–Crippen LogP) is -1.11. The molecule has 5 heteroatoms. The average molecular weight is 333 g/mol. The van der Waals surface area contributed by atoms with Crippen molar-refractivity contribution in [3.05, 3.63) is 29.8 Å². The number of benzene rings is 1. The lowest BCUT2D eigenvalue weighted by Crippen LogP contribution is -3.28. The molecule has 0 bridgehead atoms. The topological polar surface area (TPSA) is 47.2 Å². The summed E-state index contributed by atoms with van der Waals surface area (Å²) in [4.78, 5) is 15.2. The van der Waals surface area contributed by atoms with Crippen LogP contribution in [0.4, 0.5) is 0 Å². The second-order valence-corrected chi connectivity index (χ2v) is 7.40. The lowest BCUT2D eigenvalue weighted by Gasteiger charge is -2.29. The smallest absolute Gasteiger partial charge is 0.275 e. The Morgan fingerprint density at radius 1 is 1.17 bits per heavy atom. The van der Waals surface area contributed by atoms with Crippen LogP contribution in [0.5, 0.6) is 5.75 Å². The molecule has 1 aliphatic heterocycles. The van der Waals surface area contributed by atoms with Crippen LogP contribution in [0.3, 0.4) is 0 Å². The Labute approximate surface area is 145 Å². The molecular formula is C19H31N3O2+2. The third-order valence-corrected chi connectivity index (χ3v) is 5.41. The van der Waals surface area contributed by atoms with Gasteiger partial charge < -0.3 is 19.9 Å². The molecule has 132 valence electrons. The van der Waals surface area contributed by atoms with E-state index in [0.717, 1.165) is 44.4 Å². The van der Waals surface area contributed by atoms with Gasteiger partial charge in [0.05, 0.1) is 7.11 Å². The predicted molar refractivity (Wildman–Crippen MR) is 93.3 cm³/mol. The lowest BCUT2D eigenvalue weighted by atomic mass is 10.2. The van der Waals surface area contributed by atoms with E-state index in [1.165, 1.54) is 23.3 Å². The van der Waals surface area contributed by atoms with Crippen molar-refractivity contribution in [2.45, 2.75) is 32.4 Å². The molecule has 1 aliphatic carbocycles. The van der Waals surface area contributed by atoms with Crippen LogP contribution in [0.15, 0.2) is 24.3 Å². The highest BCUT2D eigenvalue weighted by Gasteiger charge is 2.30. The van der Waals surface area contributed by atoms with Crippen molar-refractivity contribution in [1.82, 2.24) is 5.32 Å². The summed E-state index contributed by atoms with van der Waals surface area (Å²) >= 11 is 0. The van der Waals surface area contributed by atoms with Gasteiger partial charge in [0.2, 0.25) is 0 Å². The van der Waals surface area contributed by atoms with Gasteiger partial charge in [-0.2, -0.15) is 0 Å². The summed E-state index contributed by atoms with van der Waals surface area (Å²) in [6.07, 6.45) is 2.56. The molecule has 1 aromatic carbocycles. The molecule has 1 saturated carbocycles. The Hall–Kier alpha value is -1.59. The van der Waals surface area contributed by atoms with Gasteiger partial charge in [-0.1, -0.05) is 0 Å². The maximum absolute atomic E-state index is 12.1. The molecule has 0 unspecified atom stereocenters. The largest absolute Gasteiger partial charge is 0.497 e. The van der Waals surface area contributed by atoms with Crippen LogP contribution in [0.1, 0.15) is 25.3 Å². The molecule has 3 rings (SSSR count). The molecule has 1 heterocycles. The molecule has 0 spiro atoms. The molecule has 0 radical (unpaired) electrons. The molecule has 2 aliphatic rings. The maximum atomic E-state index is 12.1. The minimum absolute atomic E-state index is 0.225. The Morgan fingerprint density at radius 3 is 2.38 bits per heavy atom. The minimum Gasteiger partial charge on any atom is -0.497 e. The third-order valence-electron chi connectivity index (χ3n) is 5.41. The van der Waals surface area contributed by atoms with Gasteiger partial charge in [0.25, 0.3) is 5.91 Å². The average Bonchev–Trinajstić information content (AvgIpc) is 3.42. The molecule has 24 heavy (non-hydrogen) atoms. The van der Waals surface area contributed by atoms with Crippen molar-refractivity contribution >= 4 is 5.91 Å². The van der Waals surface area contributed by atoms with Crippen molar-refractivity contribution in [2.24, 2.45) is 5.92 Å². The molecule has 2 fully saturated rings. The van der Waals surface area contributed by atoms with Gasteiger partial charge in [0, 0.05) is 11.6 Å². The maximum Gasteiger partial charge on any atom is 0.275 e. The molecular weight excluding hydrogens is 302 g/mol. The molecule has 1 saturated heterocycles. The fourth-order valence-electron chi connectivity index (χ4n) is 3.59. The number of carbonyl (C=O) groups is 1. The molecule has 1 amide bonds. The van der Waals surface area contributed by atoms with Crippen LogP contribution in [0.2, 0.25) is 0 Å². The Bertz CT molecular complexity index is 534. The fraction of sp³-hybridized carbons (Fsp3) is 0.632. The zero-order valence-electron chi connectivity index (χ0n) is 14.9. The van der Waals surface area contributed by atoms with Crippen molar-refractivity contribution in [3.63, 3.8) is 0 Å². The summed E-state index contributed by atoms with van der Waals surface area (Å²) in [5.41, 5.74) is 1.35. The standard InChI is InChI=1S/C19H29N3O2/c1-15(17-5-6-17)20-19(23)14-22-11-9-21(10-12-22)13-16-3-7-18(24-2)8-4-16/h3-4,7-8,15,17H,5-6,9-14H2,1-2H3,(H,20,23)/p+2/t15-/m0/s1. The zero-order chi connectivity index (χ0) is 16.9. The van der Waals surface area contributed by atoms with E-state index in [9.17, 15) is 4.79 Å². The first-order valence-corrected chi connectivity index (χ1v) is 9.23. The number of piperazine rings is 1. The van der Waals surface area contributed by atoms with Crippen LogP contribution >= 0.6 is 0 Å². The first-order chi connectivity index (χ1) is 11.6. The number of carbonyl (C=O) groups excluding carboxylic acids is 1. The first kappa shape index (κ1) is 17.2. The SMILES string of the molecule is COc1ccc(C[NH+]2CC[NH+](CC(=O)N[C@@H](C)C3CC3)CC2)cc1. The molecule has 5 nitrogen and oxygen atoms in total. The highest BCUT2D eigenvalue weighted by Crippen LogP contribution is 2.32. The highest BCUT2D eigenvalue weighted by molar-refractivity contribution is 5.77. The summed E-state index contributed by atoms with van der Waals surface area (Å²) in [6.45, 7) is 8.25. The van der Waals surface area contributed by atoms with Crippen molar-refractivity contribution in [3.8, 4) is 5.75 Å². The van der Waals surface area contributed by atoms with E-state index in [1.54, 1.807) is 12.0 Å². The van der Waals surface area contributed by atoms with E-state index in [-0.39, 0.29) is 5.91 Å². The molecule has 3 N–H and O–H groups in total. The van der Waals surface area contributed by atoms with Crippen LogP contribution in [-0.4, -0.2) is 51.8 Å². The Morgan fingerprint density at radius 2 is 1.79 bits per heavy atom. The van der Waals surface area contributed by atoms with Crippen LogP contribution in [0.25, 0.3) is 0 Å². The second-order valence-electron chi connectivity index (χ2n) is 7.40. The number of nitrogens with one attached hydrogen (secondary N) is 3. The number of rotatable bonds is 7. The van der Waals surface area contributed by atoms with Crippen LogP contribution in [0, 0.1) is 5.92 Å². The normalized spacial score (nSPS) is 25.1. The van der Waals surface area contributed by atoms with Crippen molar-refractivity contribution in [2.75, 3.05) is 39.8 Å². The number of amides is 1. The van der Waals surface area contributed by atoms with Crippen molar-refractivity contribution in [1.29, 1.82) is 0 Å². The van der Waals surface area contributed by atoms with Crippen LogP contribution < -0.4 is 19.9 Å². The summed E-state index contributed by atoms with van der Waals surface area (Å²) in [5.74, 6) is 1.87. The minimum atomic E-state index is 0.225. The number of hydrogen-bond donors (Lipinski definition) is 3. The van der Waals surface area contributed by atoms with E-state index in [0.29, 0.717) is 12.6 Å². The van der Waals surface area contributed by atoms with Gasteiger partial charge >= 0.3 is 0 Å².